The summed E-state index contributed by atoms with van der Waals surface area (Å²) < 4.78 is 0. The maximum atomic E-state index is 2.53. The van der Waals surface area contributed by atoms with E-state index >= 15 is 0 Å². The summed E-state index contributed by atoms with van der Waals surface area (Å²) in [5.41, 5.74) is 0.536. The topological polar surface area (TPSA) is 0 Å². The molecule has 0 heteroatoms. The van der Waals surface area contributed by atoms with Crippen LogP contribution >= 0.6 is 0 Å². The normalized spacial score (nSPS) is 13.4. The van der Waals surface area contributed by atoms with Crippen LogP contribution in [0.25, 0.3) is 0 Å². The molecule has 0 aliphatic heterocycles. The summed E-state index contributed by atoms with van der Waals surface area (Å²) >= 11 is 0. The summed E-state index contributed by atoms with van der Waals surface area (Å²) in [7, 11) is 0. The summed E-state index contributed by atoms with van der Waals surface area (Å²) in [5.74, 6) is 1.84. The molecule has 0 aromatic carbocycles. The summed E-state index contributed by atoms with van der Waals surface area (Å²) in [6, 6.07) is 0. The van der Waals surface area contributed by atoms with E-state index in [0.29, 0.717) is 5.41 Å². The van der Waals surface area contributed by atoms with E-state index in [1.54, 1.807) is 0 Å². The van der Waals surface area contributed by atoms with Gasteiger partial charge in [0, 0.05) is 0 Å². The molecule has 0 aromatic heterocycles. The van der Waals surface area contributed by atoms with Crippen LogP contribution in [-0.4, -0.2) is 0 Å². The highest BCUT2D eigenvalue weighted by atomic mass is 14.4. The first kappa shape index (κ1) is 25.9. The fourth-order valence-corrected chi connectivity index (χ4v) is 3.44. The van der Waals surface area contributed by atoms with Crippen LogP contribution in [-0.2, 0) is 0 Å². The van der Waals surface area contributed by atoms with E-state index in [1.807, 2.05) is 27.7 Å². The van der Waals surface area contributed by atoms with Gasteiger partial charge in [0.1, 0.15) is 0 Å². The van der Waals surface area contributed by atoms with Crippen molar-refractivity contribution < 1.29 is 0 Å². The van der Waals surface area contributed by atoms with Gasteiger partial charge in [-0.25, -0.2) is 0 Å². The minimum atomic E-state index is 0.536. The van der Waals surface area contributed by atoms with Gasteiger partial charge in [0.25, 0.3) is 0 Å². The summed E-state index contributed by atoms with van der Waals surface area (Å²) in [6.07, 6.45) is 11.1. The van der Waals surface area contributed by atoms with Crippen LogP contribution in [0.4, 0.5) is 0 Å². The number of hydrogen-bond acceptors (Lipinski definition) is 0. The highest BCUT2D eigenvalue weighted by Crippen LogP contribution is 2.43. The Bertz CT molecular complexity index is 151. The monoisotopic (exact) mass is 300 g/mol. The third kappa shape index (κ3) is 11.2. The Balaban J connectivity index is -0.000000739. The van der Waals surface area contributed by atoms with Crippen LogP contribution < -0.4 is 0 Å². The Hall–Kier alpha value is 0. The first-order valence-corrected chi connectivity index (χ1v) is 10.0. The lowest BCUT2D eigenvalue weighted by Gasteiger charge is -2.41. The van der Waals surface area contributed by atoms with Gasteiger partial charge >= 0.3 is 0 Å². The molecular weight excluding hydrogens is 252 g/mol. The third-order valence-corrected chi connectivity index (χ3v) is 4.90. The first-order chi connectivity index (χ1) is 10.0. The standard InChI is InChI=1S/C17H36.2C2H6/c1-7-11-13-15(9-3)17(5,6)16(10-4)14-12-8-2;2*1-2/h15-16H,7-14H2,1-6H3;2*1-2H3. The summed E-state index contributed by atoms with van der Waals surface area (Å²) in [5, 5.41) is 0. The molecule has 21 heavy (non-hydrogen) atoms. The minimum absolute atomic E-state index is 0.536. The Kier molecular flexibility index (Phi) is 22.3. The van der Waals surface area contributed by atoms with Crippen LogP contribution in [0.2, 0.25) is 0 Å². The molecule has 2 unspecified atom stereocenters. The number of rotatable bonds is 10. The molecule has 0 rings (SSSR count). The Morgan fingerprint density at radius 1 is 0.619 bits per heavy atom. The largest absolute Gasteiger partial charge is 0.0683 e. The lowest BCUT2D eigenvalue weighted by atomic mass is 9.64. The average molecular weight is 301 g/mol. The maximum Gasteiger partial charge on any atom is -0.0298 e. The van der Waals surface area contributed by atoms with Gasteiger partial charge in [-0.05, 0) is 30.1 Å². The average Bonchev–Trinajstić information content (AvgIpc) is 2.52. The molecule has 0 N–H and O–H groups in total. The lowest BCUT2D eigenvalue weighted by molar-refractivity contribution is 0.0889. The molecule has 0 aliphatic carbocycles. The van der Waals surface area contributed by atoms with E-state index in [1.165, 1.54) is 51.4 Å². The third-order valence-electron chi connectivity index (χ3n) is 4.90. The Labute approximate surface area is 138 Å². The second-order valence-electron chi connectivity index (χ2n) is 6.32. The van der Waals surface area contributed by atoms with Gasteiger partial charge in [0.05, 0.1) is 0 Å². The molecule has 2 atom stereocenters. The first-order valence-electron chi connectivity index (χ1n) is 10.0. The van der Waals surface area contributed by atoms with Crippen molar-refractivity contribution >= 4 is 0 Å². The molecule has 132 valence electrons. The molecule has 0 fully saturated rings. The van der Waals surface area contributed by atoms with E-state index in [-0.39, 0.29) is 0 Å². The summed E-state index contributed by atoms with van der Waals surface area (Å²) in [6.45, 7) is 22.5. The number of hydrogen-bond donors (Lipinski definition) is 0. The second kappa shape index (κ2) is 18.1. The van der Waals surface area contributed by atoms with Gasteiger partial charge in [-0.3, -0.25) is 0 Å². The van der Waals surface area contributed by atoms with Gasteiger partial charge in [-0.2, -0.15) is 0 Å². The fourth-order valence-electron chi connectivity index (χ4n) is 3.44. The van der Waals surface area contributed by atoms with Crippen molar-refractivity contribution in [2.24, 2.45) is 17.3 Å². The van der Waals surface area contributed by atoms with E-state index in [2.05, 4.69) is 41.5 Å². The molecule has 0 spiro atoms. The van der Waals surface area contributed by atoms with Crippen LogP contribution in [0, 0.1) is 17.3 Å². The van der Waals surface area contributed by atoms with Gasteiger partial charge < -0.3 is 0 Å². The van der Waals surface area contributed by atoms with Crippen LogP contribution in [0.15, 0.2) is 0 Å². The zero-order chi connectivity index (χ0) is 17.3. The Morgan fingerprint density at radius 2 is 0.905 bits per heavy atom. The van der Waals surface area contributed by atoms with Crippen molar-refractivity contribution in [3.8, 4) is 0 Å². The molecular formula is C21H48. The van der Waals surface area contributed by atoms with E-state index in [9.17, 15) is 0 Å². The molecule has 0 aliphatic rings. The highest BCUT2D eigenvalue weighted by molar-refractivity contribution is 4.84. The molecule has 0 amide bonds. The number of unbranched alkanes of at least 4 members (excludes halogenated alkanes) is 2. The van der Waals surface area contributed by atoms with E-state index in [4.69, 9.17) is 0 Å². The fraction of sp³-hybridized carbons (Fsp3) is 1.00. The summed E-state index contributed by atoms with van der Waals surface area (Å²) in [4.78, 5) is 0. The van der Waals surface area contributed by atoms with Crippen molar-refractivity contribution in [1.29, 1.82) is 0 Å². The van der Waals surface area contributed by atoms with E-state index < -0.39 is 0 Å². The quantitative estimate of drug-likeness (QED) is 0.379. The zero-order valence-corrected chi connectivity index (χ0v) is 17.3. The van der Waals surface area contributed by atoms with Crippen molar-refractivity contribution in [2.75, 3.05) is 0 Å². The second-order valence-corrected chi connectivity index (χ2v) is 6.32. The van der Waals surface area contributed by atoms with Gasteiger partial charge in [-0.15, -0.1) is 0 Å². The van der Waals surface area contributed by atoms with Gasteiger partial charge in [0.15, 0.2) is 0 Å². The molecule has 0 aromatic rings. The van der Waals surface area contributed by atoms with Crippen LogP contribution in [0.3, 0.4) is 0 Å². The Morgan fingerprint density at radius 3 is 1.10 bits per heavy atom. The lowest BCUT2D eigenvalue weighted by Crippen LogP contribution is -2.32. The minimum Gasteiger partial charge on any atom is -0.0683 e. The van der Waals surface area contributed by atoms with Crippen molar-refractivity contribution in [1.82, 2.24) is 0 Å². The van der Waals surface area contributed by atoms with E-state index in [0.717, 1.165) is 11.8 Å². The zero-order valence-electron chi connectivity index (χ0n) is 17.3. The van der Waals surface area contributed by atoms with Crippen LogP contribution in [0.1, 0.15) is 121 Å². The molecule has 0 nitrogen and oxygen atoms in total. The van der Waals surface area contributed by atoms with Crippen molar-refractivity contribution in [3.05, 3.63) is 0 Å². The molecule has 0 saturated heterocycles. The predicted octanol–water partition coefficient (Wildman–Crippen LogP) is 8.50. The SMILES string of the molecule is CC.CC.CCCCC(CC)C(C)(C)C(CC)CCCC. The van der Waals surface area contributed by atoms with Gasteiger partial charge in [0.2, 0.25) is 0 Å². The van der Waals surface area contributed by atoms with Crippen LogP contribution in [0.5, 0.6) is 0 Å². The molecule has 0 heterocycles. The molecule has 0 radical (unpaired) electrons. The predicted molar refractivity (Wildman–Crippen MR) is 103 cm³/mol. The highest BCUT2D eigenvalue weighted by Gasteiger charge is 2.34. The van der Waals surface area contributed by atoms with Crippen molar-refractivity contribution in [3.63, 3.8) is 0 Å². The van der Waals surface area contributed by atoms with Gasteiger partial charge in [-0.1, -0.05) is 108 Å². The maximum absolute atomic E-state index is 2.53. The van der Waals surface area contributed by atoms with Crippen molar-refractivity contribution in [2.45, 2.75) is 121 Å². The smallest absolute Gasteiger partial charge is 0.0298 e. The molecule has 0 bridgehead atoms. The molecule has 0 saturated carbocycles.